The van der Waals surface area contributed by atoms with Gasteiger partial charge in [0.15, 0.2) is 0 Å². The maximum Gasteiger partial charge on any atom is 0.223 e. The molecule has 1 saturated carbocycles. The molecule has 6 heteroatoms. The number of anilines is 1. The molecule has 0 atom stereocenters. The predicted octanol–water partition coefficient (Wildman–Crippen LogP) is 3.51. The molecule has 0 unspecified atom stereocenters. The molecule has 0 radical (unpaired) electrons. The van der Waals surface area contributed by atoms with Crippen molar-refractivity contribution in [1.29, 1.82) is 0 Å². The zero-order valence-electron chi connectivity index (χ0n) is 16.0. The third-order valence-electron chi connectivity index (χ3n) is 5.18. The van der Waals surface area contributed by atoms with Gasteiger partial charge in [-0.1, -0.05) is 0 Å². The van der Waals surface area contributed by atoms with E-state index in [0.29, 0.717) is 18.1 Å². The molecular weight excluding hydrogens is 312 g/mol. The summed E-state index contributed by atoms with van der Waals surface area (Å²) in [6.45, 7) is 6.37. The number of imidazole rings is 1. The highest BCUT2D eigenvalue weighted by Gasteiger charge is 2.23. The van der Waals surface area contributed by atoms with Crippen LogP contribution in [0.15, 0.2) is 18.5 Å². The molecule has 0 aromatic carbocycles. The molecule has 0 amide bonds. The third kappa shape index (κ3) is 4.00. The summed E-state index contributed by atoms with van der Waals surface area (Å²) in [5.74, 6) is 1.74. The Labute approximate surface area is 150 Å². The van der Waals surface area contributed by atoms with Crippen LogP contribution < -0.4 is 5.32 Å². The molecule has 1 N–H and O–H groups in total. The third-order valence-corrected chi connectivity index (χ3v) is 5.18. The Morgan fingerprint density at radius 2 is 1.88 bits per heavy atom. The van der Waals surface area contributed by atoms with Crippen molar-refractivity contribution in [2.45, 2.75) is 64.6 Å². The van der Waals surface area contributed by atoms with E-state index in [4.69, 9.17) is 4.98 Å². The van der Waals surface area contributed by atoms with E-state index in [1.807, 2.05) is 25.4 Å². The van der Waals surface area contributed by atoms with Crippen LogP contribution in [0, 0.1) is 6.92 Å². The summed E-state index contributed by atoms with van der Waals surface area (Å²) in [5, 5.41) is 3.54. The summed E-state index contributed by atoms with van der Waals surface area (Å²) in [6.07, 6.45) is 8.53. The molecule has 1 aliphatic carbocycles. The second-order valence-corrected chi connectivity index (χ2v) is 7.53. The standard InChI is InChI=1S/C19H30N6/c1-13(2)25-14(3)21-12-18(25)17-10-11-20-19(23-17)22-15-6-8-16(9-7-15)24(4)5/h10-13,15-16H,6-9H2,1-5H3,(H,20,22,23)/t15-,16-. The summed E-state index contributed by atoms with van der Waals surface area (Å²) in [4.78, 5) is 16.0. The monoisotopic (exact) mass is 342 g/mol. The van der Waals surface area contributed by atoms with E-state index in [2.05, 4.69) is 52.7 Å². The minimum Gasteiger partial charge on any atom is -0.351 e. The minimum atomic E-state index is 0.352. The first-order valence-electron chi connectivity index (χ1n) is 9.26. The minimum absolute atomic E-state index is 0.352. The van der Waals surface area contributed by atoms with Crippen LogP contribution in [0.5, 0.6) is 0 Å². The molecule has 1 fully saturated rings. The lowest BCUT2D eigenvalue weighted by Gasteiger charge is -2.32. The van der Waals surface area contributed by atoms with Crippen LogP contribution in [0.2, 0.25) is 0 Å². The van der Waals surface area contributed by atoms with Crippen molar-refractivity contribution < 1.29 is 0 Å². The van der Waals surface area contributed by atoms with E-state index in [1.54, 1.807) is 0 Å². The van der Waals surface area contributed by atoms with Crippen LogP contribution in [0.25, 0.3) is 11.4 Å². The number of nitrogens with one attached hydrogen (secondary N) is 1. The molecule has 136 valence electrons. The zero-order chi connectivity index (χ0) is 18.0. The summed E-state index contributed by atoms with van der Waals surface area (Å²) in [5.41, 5.74) is 1.98. The van der Waals surface area contributed by atoms with Crippen molar-refractivity contribution >= 4 is 5.95 Å². The summed E-state index contributed by atoms with van der Waals surface area (Å²) in [6, 6.07) is 3.48. The average Bonchev–Trinajstić information content (AvgIpc) is 2.97. The van der Waals surface area contributed by atoms with Gasteiger partial charge in [-0.25, -0.2) is 15.0 Å². The fourth-order valence-electron chi connectivity index (χ4n) is 3.78. The summed E-state index contributed by atoms with van der Waals surface area (Å²) in [7, 11) is 4.34. The van der Waals surface area contributed by atoms with Gasteiger partial charge in [0.2, 0.25) is 5.95 Å². The highest BCUT2D eigenvalue weighted by Crippen LogP contribution is 2.26. The first-order valence-corrected chi connectivity index (χ1v) is 9.26. The normalized spacial score (nSPS) is 21.1. The number of rotatable bonds is 5. The van der Waals surface area contributed by atoms with Crippen LogP contribution in [-0.2, 0) is 0 Å². The second kappa shape index (κ2) is 7.52. The summed E-state index contributed by atoms with van der Waals surface area (Å²) >= 11 is 0. The smallest absolute Gasteiger partial charge is 0.223 e. The molecule has 3 rings (SSSR count). The molecule has 0 aliphatic heterocycles. The van der Waals surface area contributed by atoms with Gasteiger partial charge >= 0.3 is 0 Å². The lowest BCUT2D eigenvalue weighted by atomic mass is 9.91. The van der Waals surface area contributed by atoms with Crippen molar-refractivity contribution in [2.75, 3.05) is 19.4 Å². The number of aromatic nitrogens is 4. The topological polar surface area (TPSA) is 58.9 Å². The van der Waals surface area contributed by atoms with Gasteiger partial charge in [0.05, 0.1) is 17.6 Å². The number of hydrogen-bond acceptors (Lipinski definition) is 5. The van der Waals surface area contributed by atoms with E-state index < -0.39 is 0 Å². The van der Waals surface area contributed by atoms with Gasteiger partial charge in [0, 0.05) is 24.3 Å². The van der Waals surface area contributed by atoms with Crippen LogP contribution in [0.1, 0.15) is 51.4 Å². The van der Waals surface area contributed by atoms with Crippen molar-refractivity contribution in [2.24, 2.45) is 0 Å². The molecule has 1 aliphatic rings. The quantitative estimate of drug-likeness (QED) is 0.901. The molecule has 6 nitrogen and oxygen atoms in total. The highest BCUT2D eigenvalue weighted by molar-refractivity contribution is 5.56. The Hall–Kier alpha value is -1.95. The van der Waals surface area contributed by atoms with Gasteiger partial charge in [-0.05, 0) is 66.6 Å². The zero-order valence-corrected chi connectivity index (χ0v) is 16.0. The van der Waals surface area contributed by atoms with Gasteiger partial charge in [-0.2, -0.15) is 0 Å². The average molecular weight is 342 g/mol. The predicted molar refractivity (Wildman–Crippen MR) is 102 cm³/mol. The van der Waals surface area contributed by atoms with E-state index in [-0.39, 0.29) is 0 Å². The van der Waals surface area contributed by atoms with Gasteiger partial charge in [-0.3, -0.25) is 0 Å². The van der Waals surface area contributed by atoms with Crippen molar-refractivity contribution in [3.8, 4) is 11.4 Å². The second-order valence-electron chi connectivity index (χ2n) is 7.53. The van der Waals surface area contributed by atoms with E-state index in [9.17, 15) is 0 Å². The lowest BCUT2D eigenvalue weighted by molar-refractivity contribution is 0.221. The number of nitrogens with zero attached hydrogens (tertiary/aromatic N) is 5. The Bertz CT molecular complexity index is 698. The molecule has 2 aromatic heterocycles. The van der Waals surface area contributed by atoms with Crippen molar-refractivity contribution in [1.82, 2.24) is 24.4 Å². The Balaban J connectivity index is 1.73. The SMILES string of the molecule is Cc1ncc(-c2ccnc(N[C@H]3CC[C@H](N(C)C)CC3)n2)n1C(C)C. The van der Waals surface area contributed by atoms with Crippen molar-refractivity contribution in [3.63, 3.8) is 0 Å². The largest absolute Gasteiger partial charge is 0.351 e. The molecule has 0 spiro atoms. The number of aryl methyl sites for hydroxylation is 1. The molecule has 2 heterocycles. The van der Waals surface area contributed by atoms with Crippen LogP contribution in [-0.4, -0.2) is 50.6 Å². The Kier molecular flexibility index (Phi) is 5.37. The summed E-state index contributed by atoms with van der Waals surface area (Å²) < 4.78 is 2.22. The molecule has 25 heavy (non-hydrogen) atoms. The van der Waals surface area contributed by atoms with Crippen LogP contribution >= 0.6 is 0 Å². The van der Waals surface area contributed by atoms with Crippen molar-refractivity contribution in [3.05, 3.63) is 24.3 Å². The lowest BCUT2D eigenvalue weighted by Crippen LogP contribution is -2.36. The van der Waals surface area contributed by atoms with E-state index >= 15 is 0 Å². The van der Waals surface area contributed by atoms with Gasteiger partial charge in [0.25, 0.3) is 0 Å². The number of hydrogen-bond donors (Lipinski definition) is 1. The fraction of sp³-hybridized carbons (Fsp3) is 0.632. The maximum atomic E-state index is 4.75. The highest BCUT2D eigenvalue weighted by atomic mass is 15.2. The van der Waals surface area contributed by atoms with Gasteiger partial charge < -0.3 is 14.8 Å². The van der Waals surface area contributed by atoms with Gasteiger partial charge in [-0.15, -0.1) is 0 Å². The first-order chi connectivity index (χ1) is 12.0. The van der Waals surface area contributed by atoms with E-state index in [0.717, 1.165) is 23.2 Å². The molecular formula is C19H30N6. The van der Waals surface area contributed by atoms with E-state index in [1.165, 1.54) is 25.7 Å². The van der Waals surface area contributed by atoms with Crippen LogP contribution in [0.4, 0.5) is 5.95 Å². The fourth-order valence-corrected chi connectivity index (χ4v) is 3.78. The van der Waals surface area contributed by atoms with Gasteiger partial charge in [0.1, 0.15) is 5.82 Å². The Morgan fingerprint density at radius 3 is 2.52 bits per heavy atom. The first kappa shape index (κ1) is 17.9. The van der Waals surface area contributed by atoms with Crippen LogP contribution in [0.3, 0.4) is 0 Å². The maximum absolute atomic E-state index is 4.75. The molecule has 0 bridgehead atoms. The molecule has 2 aromatic rings. The Morgan fingerprint density at radius 1 is 1.16 bits per heavy atom. The molecule has 0 saturated heterocycles.